The molecule has 2 aromatic carbocycles. The van der Waals surface area contributed by atoms with E-state index in [2.05, 4.69) is 20.0 Å². The van der Waals surface area contributed by atoms with Gasteiger partial charge in [0.1, 0.15) is 5.82 Å². The number of nitrogens with one attached hydrogen (secondary N) is 2. The van der Waals surface area contributed by atoms with Crippen molar-refractivity contribution in [2.45, 2.75) is 29.1 Å². The topological polar surface area (TPSA) is 84.0 Å². The molecule has 0 bridgehead atoms. The van der Waals surface area contributed by atoms with Crippen LogP contribution in [0.1, 0.15) is 24.2 Å². The molecule has 3 aromatic rings. The minimum Gasteiger partial charge on any atom is -0.322 e. The zero-order valence-corrected chi connectivity index (χ0v) is 18.7. The average molecular weight is 463 g/mol. The number of thioether (sulfide) groups is 2. The van der Waals surface area contributed by atoms with Gasteiger partial charge < -0.3 is 5.32 Å². The molecule has 0 aliphatic rings. The minimum atomic E-state index is -0.581. The summed E-state index contributed by atoms with van der Waals surface area (Å²) in [4.78, 5) is 29.8. The summed E-state index contributed by atoms with van der Waals surface area (Å²) in [5.74, 6) is -0.439. The lowest BCUT2D eigenvalue weighted by Crippen LogP contribution is -2.22. The van der Waals surface area contributed by atoms with Crippen LogP contribution in [0.5, 0.6) is 0 Å². The number of nitrogens with zero attached hydrogens (tertiary/aromatic N) is 2. The molecule has 0 saturated carbocycles. The Hall–Kier alpha value is -2.43. The van der Waals surface area contributed by atoms with Crippen molar-refractivity contribution in [3.8, 4) is 0 Å². The number of amides is 2. The number of rotatable bonds is 8. The van der Waals surface area contributed by atoms with Gasteiger partial charge in [-0.3, -0.25) is 14.9 Å². The maximum absolute atomic E-state index is 13.8. The van der Waals surface area contributed by atoms with Crippen molar-refractivity contribution in [2.24, 2.45) is 0 Å². The van der Waals surface area contributed by atoms with Gasteiger partial charge in [0, 0.05) is 22.1 Å². The molecule has 30 heavy (non-hydrogen) atoms. The van der Waals surface area contributed by atoms with E-state index in [1.807, 2.05) is 13.0 Å². The van der Waals surface area contributed by atoms with E-state index < -0.39 is 17.0 Å². The lowest BCUT2D eigenvalue weighted by atomic mass is 10.2. The molecule has 0 aliphatic carbocycles. The van der Waals surface area contributed by atoms with Crippen LogP contribution in [-0.2, 0) is 4.79 Å². The first-order valence-electron chi connectivity index (χ1n) is 9.06. The maximum atomic E-state index is 13.8. The molecule has 1 heterocycles. The van der Waals surface area contributed by atoms with Gasteiger partial charge in [0.25, 0.3) is 5.91 Å². The number of aromatic nitrogens is 2. The Kier molecular flexibility index (Phi) is 7.83. The molecule has 6 nitrogen and oxygen atoms in total. The molecule has 1 unspecified atom stereocenters. The second-order valence-electron chi connectivity index (χ2n) is 6.03. The van der Waals surface area contributed by atoms with E-state index in [0.717, 1.165) is 22.2 Å². The fraction of sp³-hybridized carbons (Fsp3) is 0.200. The van der Waals surface area contributed by atoms with Crippen LogP contribution in [0.15, 0.2) is 58.6 Å². The summed E-state index contributed by atoms with van der Waals surface area (Å²) in [5, 5.41) is 6.18. The number of halogens is 1. The molecule has 3 rings (SSSR count). The standard InChI is InChI=1S/C20H19FN4O2S3/c1-3-28-20-24-19(30-25-20)23-17(26)12(2)29-14-8-6-7-13(11-14)22-18(27)15-9-4-5-10-16(15)21/h4-12H,3H2,1-2H3,(H,22,27)(H,23,24,25,26). The Morgan fingerprint density at radius 2 is 1.97 bits per heavy atom. The Morgan fingerprint density at radius 1 is 1.17 bits per heavy atom. The lowest BCUT2D eigenvalue weighted by Gasteiger charge is -2.12. The van der Waals surface area contributed by atoms with Crippen LogP contribution in [-0.4, -0.2) is 32.2 Å². The van der Waals surface area contributed by atoms with Crippen molar-refractivity contribution >= 4 is 57.7 Å². The summed E-state index contributed by atoms with van der Waals surface area (Å²) in [7, 11) is 0. The lowest BCUT2D eigenvalue weighted by molar-refractivity contribution is -0.115. The van der Waals surface area contributed by atoms with Gasteiger partial charge >= 0.3 is 0 Å². The average Bonchev–Trinajstić information content (AvgIpc) is 3.15. The van der Waals surface area contributed by atoms with Gasteiger partial charge in [-0.15, -0.1) is 11.8 Å². The minimum absolute atomic E-state index is 0.0269. The number of carbonyl (C=O) groups is 2. The highest BCUT2D eigenvalue weighted by Crippen LogP contribution is 2.27. The van der Waals surface area contributed by atoms with Crippen molar-refractivity contribution in [1.29, 1.82) is 0 Å². The second-order valence-corrected chi connectivity index (χ2v) is 9.42. The first kappa shape index (κ1) is 22.3. The van der Waals surface area contributed by atoms with Crippen LogP contribution >= 0.6 is 35.1 Å². The van der Waals surface area contributed by atoms with Crippen molar-refractivity contribution in [3.63, 3.8) is 0 Å². The van der Waals surface area contributed by atoms with Crippen LogP contribution in [0, 0.1) is 5.82 Å². The first-order valence-corrected chi connectivity index (χ1v) is 11.7. The molecule has 2 amide bonds. The van der Waals surface area contributed by atoms with Gasteiger partial charge in [0.15, 0.2) is 0 Å². The zero-order valence-electron chi connectivity index (χ0n) is 16.2. The van der Waals surface area contributed by atoms with E-state index in [-0.39, 0.29) is 11.5 Å². The highest BCUT2D eigenvalue weighted by molar-refractivity contribution is 8.00. The number of hydrogen-bond acceptors (Lipinski definition) is 7. The van der Waals surface area contributed by atoms with Gasteiger partial charge in [-0.2, -0.15) is 9.36 Å². The highest BCUT2D eigenvalue weighted by atomic mass is 32.2. The molecule has 0 aliphatic heterocycles. The number of carbonyl (C=O) groups excluding carboxylic acids is 2. The van der Waals surface area contributed by atoms with Gasteiger partial charge in [0.05, 0.1) is 10.8 Å². The van der Waals surface area contributed by atoms with Crippen LogP contribution in [0.2, 0.25) is 0 Å². The fourth-order valence-corrected chi connectivity index (χ4v) is 4.60. The Labute approximate surface area is 186 Å². The molecular formula is C20H19FN4O2S3. The second kappa shape index (κ2) is 10.6. The third-order valence-corrected chi connectivity index (χ3v) is 6.37. The quantitative estimate of drug-likeness (QED) is 0.450. The molecular weight excluding hydrogens is 443 g/mol. The van der Waals surface area contributed by atoms with E-state index in [1.54, 1.807) is 31.2 Å². The largest absolute Gasteiger partial charge is 0.322 e. The first-order chi connectivity index (χ1) is 14.5. The molecule has 0 fully saturated rings. The van der Waals surface area contributed by atoms with E-state index in [4.69, 9.17) is 0 Å². The highest BCUT2D eigenvalue weighted by Gasteiger charge is 2.17. The van der Waals surface area contributed by atoms with Crippen LogP contribution in [0.3, 0.4) is 0 Å². The van der Waals surface area contributed by atoms with Gasteiger partial charge in [0.2, 0.25) is 16.2 Å². The third-order valence-electron chi connectivity index (χ3n) is 3.80. The van der Waals surface area contributed by atoms with E-state index in [0.29, 0.717) is 16.0 Å². The maximum Gasteiger partial charge on any atom is 0.258 e. The predicted octanol–water partition coefficient (Wildman–Crippen LogP) is 5.16. The summed E-state index contributed by atoms with van der Waals surface area (Å²) in [6, 6.07) is 12.9. The Morgan fingerprint density at radius 3 is 2.73 bits per heavy atom. The van der Waals surface area contributed by atoms with Gasteiger partial charge in [-0.05, 0) is 43.0 Å². The fourth-order valence-electron chi connectivity index (χ4n) is 2.40. The number of anilines is 2. The molecule has 0 spiro atoms. The van der Waals surface area contributed by atoms with Crippen LogP contribution in [0.25, 0.3) is 0 Å². The molecule has 1 aromatic heterocycles. The monoisotopic (exact) mass is 462 g/mol. The summed E-state index contributed by atoms with van der Waals surface area (Å²) in [5.41, 5.74) is 0.493. The summed E-state index contributed by atoms with van der Waals surface area (Å²) < 4.78 is 18.0. The van der Waals surface area contributed by atoms with E-state index >= 15 is 0 Å². The SMILES string of the molecule is CCSc1nsc(NC(=O)C(C)Sc2cccc(NC(=O)c3ccccc3F)c2)n1. The van der Waals surface area contributed by atoms with Crippen LogP contribution < -0.4 is 10.6 Å². The van der Waals surface area contributed by atoms with E-state index in [9.17, 15) is 14.0 Å². The summed E-state index contributed by atoms with van der Waals surface area (Å²) in [6.07, 6.45) is 0. The molecule has 156 valence electrons. The normalized spacial score (nSPS) is 11.7. The Bertz CT molecular complexity index is 1040. The number of hydrogen-bond donors (Lipinski definition) is 2. The Balaban J connectivity index is 1.60. The van der Waals surface area contributed by atoms with Gasteiger partial charge in [-0.1, -0.05) is 36.9 Å². The molecule has 0 saturated heterocycles. The zero-order chi connectivity index (χ0) is 21.5. The molecule has 1 atom stereocenters. The van der Waals surface area contributed by atoms with Gasteiger partial charge in [-0.25, -0.2) is 4.39 Å². The summed E-state index contributed by atoms with van der Waals surface area (Å²) >= 11 is 4.00. The molecule has 10 heteroatoms. The smallest absolute Gasteiger partial charge is 0.258 e. The third kappa shape index (κ3) is 6.04. The van der Waals surface area contributed by atoms with Crippen molar-refractivity contribution in [3.05, 3.63) is 59.9 Å². The van der Waals surface area contributed by atoms with Crippen LogP contribution in [0.4, 0.5) is 15.2 Å². The van der Waals surface area contributed by atoms with Crippen molar-refractivity contribution in [2.75, 3.05) is 16.4 Å². The van der Waals surface area contributed by atoms with E-state index in [1.165, 1.54) is 41.7 Å². The molecule has 2 N–H and O–H groups in total. The summed E-state index contributed by atoms with van der Waals surface area (Å²) in [6.45, 7) is 3.79. The van der Waals surface area contributed by atoms with Crippen molar-refractivity contribution in [1.82, 2.24) is 9.36 Å². The molecule has 0 radical (unpaired) electrons. The van der Waals surface area contributed by atoms with Crippen molar-refractivity contribution < 1.29 is 14.0 Å². The number of benzene rings is 2. The predicted molar refractivity (Wildman–Crippen MR) is 121 cm³/mol.